The molecule has 2 aliphatic heterocycles. The van der Waals surface area contributed by atoms with Gasteiger partial charge in [0.15, 0.2) is 5.58 Å². The van der Waals surface area contributed by atoms with E-state index in [0.29, 0.717) is 22.6 Å². The molecule has 5 rings (SSSR count). The third-order valence-corrected chi connectivity index (χ3v) is 5.51. The minimum atomic E-state index is -0.535. The molecular weight excluding hydrogens is 396 g/mol. The van der Waals surface area contributed by atoms with Crippen LogP contribution in [-0.4, -0.2) is 21.4 Å². The van der Waals surface area contributed by atoms with Crippen molar-refractivity contribution in [2.75, 3.05) is 0 Å². The van der Waals surface area contributed by atoms with Gasteiger partial charge in [-0.2, -0.15) is 0 Å². The van der Waals surface area contributed by atoms with Crippen molar-refractivity contribution in [2.45, 2.75) is 38.9 Å². The van der Waals surface area contributed by atoms with Crippen molar-refractivity contribution in [2.24, 2.45) is 0 Å². The number of rotatable bonds is 1. The van der Waals surface area contributed by atoms with Crippen LogP contribution < -0.4 is 14.9 Å². The van der Waals surface area contributed by atoms with Gasteiger partial charge in [0.05, 0.1) is 11.1 Å². The topological polar surface area (TPSA) is 89.1 Å². The van der Waals surface area contributed by atoms with Gasteiger partial charge in [0, 0.05) is 23.3 Å². The quantitative estimate of drug-likeness (QED) is 0.562. The highest BCUT2D eigenvalue weighted by atomic mass is 16.5. The largest absolute Gasteiger partial charge is 0.507 e. The summed E-state index contributed by atoms with van der Waals surface area (Å²) >= 11 is 0. The SMILES string of the molecule is CC1(C)C=Cc2cc(-c3coc4c5c(cc(O)c4c3=O)OC(C)(C)C=C5)c(O)cc2O1. The maximum Gasteiger partial charge on any atom is 0.204 e. The first-order valence-corrected chi connectivity index (χ1v) is 10.00. The third-order valence-electron chi connectivity index (χ3n) is 5.51. The highest BCUT2D eigenvalue weighted by Gasteiger charge is 2.28. The molecule has 158 valence electrons. The van der Waals surface area contributed by atoms with Gasteiger partial charge in [-0.1, -0.05) is 6.08 Å². The Morgan fingerprint density at radius 1 is 0.806 bits per heavy atom. The van der Waals surface area contributed by atoms with Crippen molar-refractivity contribution in [3.8, 4) is 34.1 Å². The van der Waals surface area contributed by atoms with Gasteiger partial charge in [0.2, 0.25) is 5.43 Å². The third kappa shape index (κ3) is 3.06. The molecule has 0 atom stereocenters. The number of fused-ring (bicyclic) bond motifs is 4. The molecule has 0 bridgehead atoms. The van der Waals surface area contributed by atoms with E-state index in [1.54, 1.807) is 6.07 Å². The van der Waals surface area contributed by atoms with E-state index in [0.717, 1.165) is 5.56 Å². The summed E-state index contributed by atoms with van der Waals surface area (Å²) in [4.78, 5) is 13.3. The summed E-state index contributed by atoms with van der Waals surface area (Å²) in [5.74, 6) is 0.618. The van der Waals surface area contributed by atoms with Gasteiger partial charge in [0.1, 0.15) is 45.8 Å². The van der Waals surface area contributed by atoms with Crippen molar-refractivity contribution in [1.82, 2.24) is 0 Å². The van der Waals surface area contributed by atoms with Gasteiger partial charge in [-0.15, -0.1) is 0 Å². The number of aromatic hydroxyl groups is 2. The van der Waals surface area contributed by atoms with E-state index in [-0.39, 0.29) is 28.0 Å². The molecular formula is C25H22O6. The van der Waals surface area contributed by atoms with Crippen LogP contribution in [0.5, 0.6) is 23.0 Å². The fraction of sp³-hybridized carbons (Fsp3) is 0.240. The summed E-state index contributed by atoms with van der Waals surface area (Å²) in [6.45, 7) is 7.62. The van der Waals surface area contributed by atoms with Crippen LogP contribution in [0.1, 0.15) is 38.8 Å². The summed E-state index contributed by atoms with van der Waals surface area (Å²) in [5, 5.41) is 21.3. The second-order valence-corrected chi connectivity index (χ2v) is 8.98. The first-order valence-electron chi connectivity index (χ1n) is 10.00. The molecule has 6 nitrogen and oxygen atoms in total. The van der Waals surface area contributed by atoms with Crippen molar-refractivity contribution in [3.05, 3.63) is 58.0 Å². The van der Waals surface area contributed by atoms with E-state index in [9.17, 15) is 15.0 Å². The van der Waals surface area contributed by atoms with Gasteiger partial charge in [0.25, 0.3) is 0 Å². The van der Waals surface area contributed by atoms with Crippen molar-refractivity contribution in [3.63, 3.8) is 0 Å². The number of phenolic OH excluding ortho intramolecular Hbond substituents is 2. The minimum Gasteiger partial charge on any atom is -0.507 e. The van der Waals surface area contributed by atoms with Gasteiger partial charge < -0.3 is 24.1 Å². The van der Waals surface area contributed by atoms with Crippen LogP contribution in [-0.2, 0) is 0 Å². The summed E-state index contributed by atoms with van der Waals surface area (Å²) < 4.78 is 17.6. The van der Waals surface area contributed by atoms with E-state index >= 15 is 0 Å². The Morgan fingerprint density at radius 2 is 1.45 bits per heavy atom. The fourth-order valence-electron chi connectivity index (χ4n) is 3.94. The predicted octanol–water partition coefficient (Wildman–Crippen LogP) is 5.24. The van der Waals surface area contributed by atoms with Gasteiger partial charge in [-0.25, -0.2) is 0 Å². The van der Waals surface area contributed by atoms with Crippen LogP contribution in [0.3, 0.4) is 0 Å². The maximum absolute atomic E-state index is 13.3. The molecule has 0 aliphatic carbocycles. The average molecular weight is 418 g/mol. The molecule has 0 spiro atoms. The molecule has 31 heavy (non-hydrogen) atoms. The standard InChI is InChI=1S/C25H22O6/c1-24(2)7-5-13-9-15(17(26)10-19(13)30-24)16-12-29-23-14-6-8-25(3,4)31-20(14)11-18(27)21(23)22(16)28/h5-12,26-27H,1-4H3. The first-order chi connectivity index (χ1) is 14.5. The number of hydrogen-bond donors (Lipinski definition) is 2. The number of phenols is 2. The van der Waals surface area contributed by atoms with Crippen molar-refractivity contribution >= 4 is 23.1 Å². The van der Waals surface area contributed by atoms with Crippen LogP contribution in [0, 0.1) is 0 Å². The Bertz CT molecular complexity index is 1370. The highest BCUT2D eigenvalue weighted by molar-refractivity contribution is 5.95. The zero-order valence-electron chi connectivity index (χ0n) is 17.6. The molecule has 0 amide bonds. The lowest BCUT2D eigenvalue weighted by Gasteiger charge is -2.28. The van der Waals surface area contributed by atoms with Crippen molar-refractivity contribution in [1.29, 1.82) is 0 Å². The number of benzene rings is 2. The van der Waals surface area contributed by atoms with Crippen LogP contribution >= 0.6 is 0 Å². The molecule has 3 heterocycles. The predicted molar refractivity (Wildman–Crippen MR) is 119 cm³/mol. The van der Waals surface area contributed by atoms with Crippen LogP contribution in [0.25, 0.3) is 34.2 Å². The number of hydrogen-bond acceptors (Lipinski definition) is 6. The van der Waals surface area contributed by atoms with Gasteiger partial charge in [-0.05, 0) is 52.0 Å². The highest BCUT2D eigenvalue weighted by Crippen LogP contribution is 2.42. The zero-order chi connectivity index (χ0) is 22.1. The molecule has 2 aliphatic rings. The van der Waals surface area contributed by atoms with E-state index in [4.69, 9.17) is 13.9 Å². The summed E-state index contributed by atoms with van der Waals surface area (Å²) in [6, 6.07) is 4.59. The van der Waals surface area contributed by atoms with Gasteiger partial charge in [-0.3, -0.25) is 4.79 Å². The minimum absolute atomic E-state index is 0.0363. The first kappa shape index (κ1) is 19.3. The van der Waals surface area contributed by atoms with Crippen LogP contribution in [0.15, 0.2) is 45.8 Å². The smallest absolute Gasteiger partial charge is 0.204 e. The Morgan fingerprint density at radius 3 is 2.19 bits per heavy atom. The van der Waals surface area contributed by atoms with Crippen LogP contribution in [0.4, 0.5) is 0 Å². The molecule has 3 aromatic rings. The lowest BCUT2D eigenvalue weighted by atomic mass is 9.96. The molecule has 6 heteroatoms. The second-order valence-electron chi connectivity index (χ2n) is 8.98. The molecule has 0 radical (unpaired) electrons. The van der Waals surface area contributed by atoms with E-state index < -0.39 is 16.6 Å². The number of ether oxygens (including phenoxy) is 2. The lowest BCUT2D eigenvalue weighted by molar-refractivity contribution is 0.158. The summed E-state index contributed by atoms with van der Waals surface area (Å²) in [6.07, 6.45) is 8.79. The molecule has 0 saturated heterocycles. The Labute approximate surface area is 178 Å². The monoisotopic (exact) mass is 418 g/mol. The van der Waals surface area contributed by atoms with E-state index in [2.05, 4.69) is 0 Å². The van der Waals surface area contributed by atoms with E-state index in [1.807, 2.05) is 52.0 Å². The Hall–Kier alpha value is -3.67. The van der Waals surface area contributed by atoms with Gasteiger partial charge >= 0.3 is 0 Å². The normalized spacial score (nSPS) is 17.5. The lowest BCUT2D eigenvalue weighted by Crippen LogP contribution is -2.27. The molecule has 1 aromatic heterocycles. The van der Waals surface area contributed by atoms with Crippen molar-refractivity contribution < 1.29 is 24.1 Å². The second kappa shape index (κ2) is 6.17. The molecule has 0 fully saturated rings. The van der Waals surface area contributed by atoms with Crippen LogP contribution in [0.2, 0.25) is 0 Å². The molecule has 2 aromatic carbocycles. The van der Waals surface area contributed by atoms with E-state index in [1.165, 1.54) is 18.4 Å². The molecule has 2 N–H and O–H groups in total. The average Bonchev–Trinajstić information content (AvgIpc) is 2.66. The summed E-state index contributed by atoms with van der Waals surface area (Å²) in [5.41, 5.74) is 0.525. The zero-order valence-corrected chi connectivity index (χ0v) is 17.6. The fourth-order valence-corrected chi connectivity index (χ4v) is 3.94. The Balaban J connectivity index is 1.71. The maximum atomic E-state index is 13.3. The molecule has 0 unspecified atom stereocenters. The summed E-state index contributed by atoms with van der Waals surface area (Å²) in [7, 11) is 0. The Kier molecular flexibility index (Phi) is 3.84. The molecule has 0 saturated carbocycles.